The Hall–Kier alpha value is -1.14. The van der Waals surface area contributed by atoms with Gasteiger partial charge >= 0.3 is 6.03 Å². The number of hydrogen-bond donors (Lipinski definition) is 2. The molecule has 4 nitrogen and oxygen atoms in total. The summed E-state index contributed by atoms with van der Waals surface area (Å²) in [6.45, 7) is 4.57. The number of hydrogen-bond acceptors (Lipinski definition) is 2. The number of halogens is 2. The second-order valence-corrected chi connectivity index (χ2v) is 5.06. The van der Waals surface area contributed by atoms with Gasteiger partial charge in [-0.05, 0) is 35.0 Å². The number of piperazine rings is 1. The van der Waals surface area contributed by atoms with Gasteiger partial charge in [0.25, 0.3) is 0 Å². The summed E-state index contributed by atoms with van der Waals surface area (Å²) in [5, 5.41) is 5.92. The average Bonchev–Trinajstić information content (AvgIpc) is 2.40. The molecule has 0 saturated carbocycles. The first-order chi connectivity index (χ1) is 8.59. The number of anilines is 1. The average molecular weight is 316 g/mol. The van der Waals surface area contributed by atoms with Crippen molar-refractivity contribution in [3.8, 4) is 0 Å². The zero-order valence-electron chi connectivity index (χ0n) is 10.1. The predicted molar refractivity (Wildman–Crippen MR) is 72.3 cm³/mol. The fourth-order valence-electron chi connectivity index (χ4n) is 1.85. The molecule has 1 heterocycles. The third kappa shape index (κ3) is 2.81. The molecule has 0 atom stereocenters. The Kier molecular flexibility index (Phi) is 4.19. The third-order valence-corrected chi connectivity index (χ3v) is 3.60. The van der Waals surface area contributed by atoms with Gasteiger partial charge in [-0.2, -0.15) is 0 Å². The molecule has 0 spiro atoms. The molecule has 0 unspecified atom stereocenters. The number of nitrogens with zero attached hydrogens (tertiary/aromatic N) is 1. The van der Waals surface area contributed by atoms with Crippen LogP contribution in [0.15, 0.2) is 16.6 Å². The van der Waals surface area contributed by atoms with E-state index in [1.165, 1.54) is 0 Å². The van der Waals surface area contributed by atoms with Crippen LogP contribution in [0.3, 0.4) is 0 Å². The summed E-state index contributed by atoms with van der Waals surface area (Å²) in [5.41, 5.74) is 0.951. The van der Waals surface area contributed by atoms with E-state index in [1.54, 1.807) is 24.0 Å². The molecule has 1 aliphatic rings. The SMILES string of the molecule is Cc1c(NC(=O)N2CCNCC2)ccc(Br)c1F. The molecule has 1 aliphatic heterocycles. The Morgan fingerprint density at radius 3 is 2.78 bits per heavy atom. The van der Waals surface area contributed by atoms with E-state index in [-0.39, 0.29) is 11.8 Å². The standard InChI is InChI=1S/C12H15BrFN3O/c1-8-10(3-2-9(13)11(8)14)16-12(18)17-6-4-15-5-7-17/h2-3,15H,4-7H2,1H3,(H,16,18). The van der Waals surface area contributed by atoms with Gasteiger partial charge in [-0.1, -0.05) is 0 Å². The minimum absolute atomic E-state index is 0.179. The lowest BCUT2D eigenvalue weighted by Gasteiger charge is -2.27. The Labute approximate surface area is 114 Å². The smallest absolute Gasteiger partial charge is 0.321 e. The molecular weight excluding hydrogens is 301 g/mol. The number of rotatable bonds is 1. The summed E-state index contributed by atoms with van der Waals surface area (Å²) in [7, 11) is 0. The first-order valence-corrected chi connectivity index (χ1v) is 6.60. The highest BCUT2D eigenvalue weighted by Gasteiger charge is 2.17. The summed E-state index contributed by atoms with van der Waals surface area (Å²) in [6.07, 6.45) is 0. The van der Waals surface area contributed by atoms with Crippen molar-refractivity contribution >= 4 is 27.6 Å². The van der Waals surface area contributed by atoms with Gasteiger partial charge in [0.1, 0.15) is 5.82 Å². The first kappa shape index (κ1) is 13.3. The molecule has 98 valence electrons. The van der Waals surface area contributed by atoms with Crippen molar-refractivity contribution in [2.24, 2.45) is 0 Å². The van der Waals surface area contributed by atoms with Crippen LogP contribution in [0.2, 0.25) is 0 Å². The van der Waals surface area contributed by atoms with E-state index in [9.17, 15) is 9.18 Å². The van der Waals surface area contributed by atoms with Crippen molar-refractivity contribution in [2.45, 2.75) is 6.92 Å². The van der Waals surface area contributed by atoms with E-state index in [1.807, 2.05) is 0 Å². The van der Waals surface area contributed by atoms with Crippen LogP contribution in [0.25, 0.3) is 0 Å². The minimum atomic E-state index is -0.340. The molecule has 0 aromatic heterocycles. The lowest BCUT2D eigenvalue weighted by molar-refractivity contribution is 0.204. The molecule has 1 aromatic carbocycles. The van der Waals surface area contributed by atoms with E-state index in [2.05, 4.69) is 26.6 Å². The molecule has 1 aromatic rings. The van der Waals surface area contributed by atoms with E-state index >= 15 is 0 Å². The number of benzene rings is 1. The number of urea groups is 1. The molecule has 1 saturated heterocycles. The van der Waals surface area contributed by atoms with Crippen LogP contribution >= 0.6 is 15.9 Å². The molecule has 1 fully saturated rings. The van der Waals surface area contributed by atoms with Crippen LogP contribution < -0.4 is 10.6 Å². The lowest BCUT2D eigenvalue weighted by atomic mass is 10.2. The number of amides is 2. The molecule has 0 aliphatic carbocycles. The van der Waals surface area contributed by atoms with Crippen LogP contribution in [0, 0.1) is 12.7 Å². The van der Waals surface area contributed by atoms with Gasteiger partial charge in [0, 0.05) is 37.4 Å². The Balaban J connectivity index is 2.09. The highest BCUT2D eigenvalue weighted by atomic mass is 79.9. The molecule has 2 amide bonds. The summed E-state index contributed by atoms with van der Waals surface area (Å²) >= 11 is 3.12. The molecule has 18 heavy (non-hydrogen) atoms. The van der Waals surface area contributed by atoms with Gasteiger partial charge in [-0.15, -0.1) is 0 Å². The maximum atomic E-state index is 13.7. The Bertz CT molecular complexity index is 461. The van der Waals surface area contributed by atoms with Gasteiger partial charge < -0.3 is 15.5 Å². The van der Waals surface area contributed by atoms with Gasteiger partial charge in [0.2, 0.25) is 0 Å². The highest BCUT2D eigenvalue weighted by Crippen LogP contribution is 2.25. The van der Waals surface area contributed by atoms with Crippen molar-refractivity contribution in [3.63, 3.8) is 0 Å². The maximum absolute atomic E-state index is 13.7. The van der Waals surface area contributed by atoms with Crippen LogP contribution in [0.4, 0.5) is 14.9 Å². The molecule has 2 N–H and O–H groups in total. The normalized spacial score (nSPS) is 15.6. The molecule has 6 heteroatoms. The minimum Gasteiger partial charge on any atom is -0.322 e. The van der Waals surface area contributed by atoms with E-state index in [0.29, 0.717) is 28.8 Å². The second-order valence-electron chi connectivity index (χ2n) is 4.20. The molecule has 0 radical (unpaired) electrons. The van der Waals surface area contributed by atoms with Crippen molar-refractivity contribution < 1.29 is 9.18 Å². The Morgan fingerprint density at radius 1 is 1.44 bits per heavy atom. The summed E-state index contributed by atoms with van der Waals surface area (Å²) in [5.74, 6) is -0.340. The zero-order chi connectivity index (χ0) is 13.1. The zero-order valence-corrected chi connectivity index (χ0v) is 11.7. The maximum Gasteiger partial charge on any atom is 0.321 e. The van der Waals surface area contributed by atoms with Crippen molar-refractivity contribution in [2.75, 3.05) is 31.5 Å². The van der Waals surface area contributed by atoms with Crippen LogP contribution in [-0.2, 0) is 0 Å². The number of carbonyl (C=O) groups is 1. The van der Waals surface area contributed by atoms with Gasteiger partial charge in [0.15, 0.2) is 0 Å². The fourth-order valence-corrected chi connectivity index (χ4v) is 2.28. The van der Waals surface area contributed by atoms with E-state index < -0.39 is 0 Å². The monoisotopic (exact) mass is 315 g/mol. The van der Waals surface area contributed by atoms with Crippen LogP contribution in [-0.4, -0.2) is 37.1 Å². The van der Waals surface area contributed by atoms with Crippen LogP contribution in [0.5, 0.6) is 0 Å². The number of carbonyl (C=O) groups excluding carboxylic acids is 1. The summed E-state index contributed by atoms with van der Waals surface area (Å²) in [6, 6.07) is 3.11. The van der Waals surface area contributed by atoms with Gasteiger partial charge in [-0.25, -0.2) is 9.18 Å². The quantitative estimate of drug-likeness (QED) is 0.835. The Morgan fingerprint density at radius 2 is 2.11 bits per heavy atom. The summed E-state index contributed by atoms with van der Waals surface area (Å²) in [4.78, 5) is 13.7. The van der Waals surface area contributed by atoms with Crippen molar-refractivity contribution in [1.82, 2.24) is 10.2 Å². The van der Waals surface area contributed by atoms with Crippen LogP contribution in [0.1, 0.15) is 5.56 Å². The van der Waals surface area contributed by atoms with Crippen molar-refractivity contribution in [1.29, 1.82) is 0 Å². The van der Waals surface area contributed by atoms with E-state index in [4.69, 9.17) is 0 Å². The van der Waals surface area contributed by atoms with Gasteiger partial charge in [0.05, 0.1) is 4.47 Å². The highest BCUT2D eigenvalue weighted by molar-refractivity contribution is 9.10. The first-order valence-electron chi connectivity index (χ1n) is 5.81. The fraction of sp³-hybridized carbons (Fsp3) is 0.417. The summed E-state index contributed by atoms with van der Waals surface area (Å²) < 4.78 is 14.1. The second kappa shape index (κ2) is 5.67. The largest absolute Gasteiger partial charge is 0.322 e. The lowest BCUT2D eigenvalue weighted by Crippen LogP contribution is -2.48. The third-order valence-electron chi connectivity index (χ3n) is 2.99. The van der Waals surface area contributed by atoms with E-state index in [0.717, 1.165) is 13.1 Å². The van der Waals surface area contributed by atoms with Gasteiger partial charge in [-0.3, -0.25) is 0 Å². The predicted octanol–water partition coefficient (Wildman–Crippen LogP) is 2.33. The number of nitrogens with one attached hydrogen (secondary N) is 2. The molecule has 2 rings (SSSR count). The molecular formula is C12H15BrFN3O. The topological polar surface area (TPSA) is 44.4 Å². The molecule has 0 bridgehead atoms. The van der Waals surface area contributed by atoms with Crippen molar-refractivity contribution in [3.05, 3.63) is 28.0 Å².